The number of hydrogen-bond acceptors (Lipinski definition) is 4. The molecule has 21 heavy (non-hydrogen) atoms. The van der Waals surface area contributed by atoms with Crippen molar-refractivity contribution in [3.63, 3.8) is 0 Å². The van der Waals surface area contributed by atoms with E-state index in [0.29, 0.717) is 6.04 Å². The van der Waals surface area contributed by atoms with E-state index in [1.54, 1.807) is 0 Å². The molecule has 1 aromatic rings. The highest BCUT2D eigenvalue weighted by atomic mass is 15.3. The van der Waals surface area contributed by atoms with Crippen LogP contribution in [-0.2, 0) is 6.54 Å². The van der Waals surface area contributed by atoms with Crippen molar-refractivity contribution in [2.24, 2.45) is 11.5 Å². The lowest BCUT2D eigenvalue weighted by molar-refractivity contribution is 0.00748. The maximum atomic E-state index is 6.69. The van der Waals surface area contributed by atoms with Crippen LogP contribution in [0.25, 0.3) is 0 Å². The number of rotatable bonds is 3. The van der Waals surface area contributed by atoms with Crippen molar-refractivity contribution in [2.75, 3.05) is 26.2 Å². The van der Waals surface area contributed by atoms with Gasteiger partial charge in [0.05, 0.1) is 5.66 Å². The Bertz CT molecular complexity index is 431. The quantitative estimate of drug-likeness (QED) is 0.882. The van der Waals surface area contributed by atoms with Crippen LogP contribution in [0.1, 0.15) is 31.2 Å². The Labute approximate surface area is 128 Å². The van der Waals surface area contributed by atoms with Crippen LogP contribution in [0, 0.1) is 0 Å². The summed E-state index contributed by atoms with van der Waals surface area (Å²) in [5.74, 6) is 0. The predicted molar refractivity (Wildman–Crippen MR) is 86.7 cm³/mol. The first-order chi connectivity index (χ1) is 10.2. The summed E-state index contributed by atoms with van der Waals surface area (Å²) in [7, 11) is 0. The van der Waals surface area contributed by atoms with Crippen molar-refractivity contribution in [3.8, 4) is 0 Å². The van der Waals surface area contributed by atoms with Crippen LogP contribution < -0.4 is 11.5 Å². The maximum absolute atomic E-state index is 6.69. The molecule has 0 aromatic heterocycles. The number of benzene rings is 1. The van der Waals surface area contributed by atoms with Gasteiger partial charge in [0.1, 0.15) is 0 Å². The molecule has 0 amide bonds. The summed E-state index contributed by atoms with van der Waals surface area (Å²) >= 11 is 0. The fraction of sp³-hybridized carbons (Fsp3) is 0.647. The topological polar surface area (TPSA) is 58.5 Å². The van der Waals surface area contributed by atoms with Gasteiger partial charge in [-0.2, -0.15) is 0 Å². The molecule has 4 heteroatoms. The number of nitrogens with zero attached hydrogens (tertiary/aromatic N) is 2. The van der Waals surface area contributed by atoms with Crippen LogP contribution in [0.3, 0.4) is 0 Å². The van der Waals surface area contributed by atoms with Crippen LogP contribution in [0.4, 0.5) is 0 Å². The summed E-state index contributed by atoms with van der Waals surface area (Å²) < 4.78 is 0. The monoisotopic (exact) mass is 288 g/mol. The van der Waals surface area contributed by atoms with Crippen LogP contribution in [0.5, 0.6) is 0 Å². The molecule has 116 valence electrons. The lowest BCUT2D eigenvalue weighted by atomic mass is 9.92. The molecule has 2 heterocycles. The second-order valence-electron chi connectivity index (χ2n) is 6.69. The molecular formula is C17H28N4. The molecule has 2 saturated heterocycles. The number of likely N-dealkylation sites (tertiary alicyclic amines) is 2. The van der Waals surface area contributed by atoms with Crippen LogP contribution >= 0.6 is 0 Å². The van der Waals surface area contributed by atoms with E-state index in [9.17, 15) is 0 Å². The zero-order valence-electron chi connectivity index (χ0n) is 12.9. The normalized spacial score (nSPS) is 25.0. The minimum Gasteiger partial charge on any atom is -0.328 e. The molecule has 0 atom stereocenters. The van der Waals surface area contributed by atoms with Crippen molar-refractivity contribution in [1.82, 2.24) is 9.80 Å². The molecule has 0 radical (unpaired) electrons. The summed E-state index contributed by atoms with van der Waals surface area (Å²) in [6.07, 6.45) is 4.31. The molecule has 0 bridgehead atoms. The second-order valence-corrected chi connectivity index (χ2v) is 6.69. The average Bonchev–Trinajstić information content (AvgIpc) is 2.51. The van der Waals surface area contributed by atoms with Gasteiger partial charge in [-0.1, -0.05) is 30.3 Å². The van der Waals surface area contributed by atoms with Gasteiger partial charge in [0, 0.05) is 38.8 Å². The summed E-state index contributed by atoms with van der Waals surface area (Å²) in [5.41, 5.74) is 14.0. The van der Waals surface area contributed by atoms with Gasteiger partial charge in [-0.3, -0.25) is 9.80 Å². The first-order valence-corrected chi connectivity index (χ1v) is 8.21. The summed E-state index contributed by atoms with van der Waals surface area (Å²) in [6.45, 7) is 5.36. The Hall–Kier alpha value is -0.940. The van der Waals surface area contributed by atoms with Gasteiger partial charge in [-0.15, -0.1) is 0 Å². The predicted octanol–water partition coefficient (Wildman–Crippen LogP) is 1.36. The standard InChI is InChI=1S/C17H28N4/c18-16-6-10-21(11-7-16)17(19)8-12-20(13-9-17)14-15-4-2-1-3-5-15/h1-5,16H,6-14,18-19H2. The molecule has 2 aliphatic rings. The summed E-state index contributed by atoms with van der Waals surface area (Å²) in [4.78, 5) is 5.01. The molecule has 3 rings (SSSR count). The second kappa shape index (κ2) is 6.44. The van der Waals surface area contributed by atoms with Gasteiger partial charge in [0.2, 0.25) is 0 Å². The van der Waals surface area contributed by atoms with Gasteiger partial charge < -0.3 is 11.5 Å². The van der Waals surface area contributed by atoms with Gasteiger partial charge in [-0.05, 0) is 31.2 Å². The Balaban J connectivity index is 1.52. The maximum Gasteiger partial charge on any atom is 0.0711 e. The highest BCUT2D eigenvalue weighted by Gasteiger charge is 2.37. The van der Waals surface area contributed by atoms with E-state index in [1.807, 2.05) is 0 Å². The Morgan fingerprint density at radius 2 is 1.62 bits per heavy atom. The number of nitrogens with two attached hydrogens (primary N) is 2. The van der Waals surface area contributed by atoms with Gasteiger partial charge in [-0.25, -0.2) is 0 Å². The molecule has 0 aliphatic carbocycles. The SMILES string of the molecule is NC1CCN(C2(N)CCN(Cc3ccccc3)CC2)CC1. The molecule has 1 aromatic carbocycles. The lowest BCUT2D eigenvalue weighted by Gasteiger charge is -2.48. The van der Waals surface area contributed by atoms with Crippen molar-refractivity contribution in [2.45, 2.75) is 43.9 Å². The number of piperidine rings is 2. The molecule has 0 spiro atoms. The molecule has 4 N–H and O–H groups in total. The van der Waals surface area contributed by atoms with Crippen LogP contribution in [0.2, 0.25) is 0 Å². The molecule has 0 unspecified atom stereocenters. The van der Waals surface area contributed by atoms with E-state index in [-0.39, 0.29) is 5.66 Å². The Morgan fingerprint density at radius 3 is 2.24 bits per heavy atom. The fourth-order valence-corrected chi connectivity index (χ4v) is 3.60. The molecular weight excluding hydrogens is 260 g/mol. The molecule has 4 nitrogen and oxygen atoms in total. The average molecular weight is 288 g/mol. The van der Waals surface area contributed by atoms with Gasteiger partial charge >= 0.3 is 0 Å². The Kier molecular flexibility index (Phi) is 4.60. The van der Waals surface area contributed by atoms with E-state index in [4.69, 9.17) is 11.5 Å². The zero-order valence-corrected chi connectivity index (χ0v) is 12.9. The third-order valence-electron chi connectivity index (χ3n) is 5.14. The molecule has 2 fully saturated rings. The minimum atomic E-state index is -0.104. The van der Waals surface area contributed by atoms with E-state index < -0.39 is 0 Å². The highest BCUT2D eigenvalue weighted by molar-refractivity contribution is 5.14. The van der Waals surface area contributed by atoms with E-state index >= 15 is 0 Å². The van der Waals surface area contributed by atoms with E-state index in [2.05, 4.69) is 40.1 Å². The zero-order chi connectivity index (χ0) is 14.7. The van der Waals surface area contributed by atoms with E-state index in [0.717, 1.165) is 58.4 Å². The number of hydrogen-bond donors (Lipinski definition) is 2. The largest absolute Gasteiger partial charge is 0.328 e. The summed E-state index contributed by atoms with van der Waals surface area (Å²) in [5, 5.41) is 0. The first-order valence-electron chi connectivity index (χ1n) is 8.21. The van der Waals surface area contributed by atoms with E-state index in [1.165, 1.54) is 5.56 Å². The van der Waals surface area contributed by atoms with Crippen molar-refractivity contribution in [1.29, 1.82) is 0 Å². The van der Waals surface area contributed by atoms with Crippen LogP contribution in [-0.4, -0.2) is 47.7 Å². The minimum absolute atomic E-state index is 0.104. The molecule has 0 saturated carbocycles. The first kappa shape index (κ1) is 15.0. The third kappa shape index (κ3) is 3.64. The van der Waals surface area contributed by atoms with Gasteiger partial charge in [0.25, 0.3) is 0 Å². The van der Waals surface area contributed by atoms with Crippen LogP contribution in [0.15, 0.2) is 30.3 Å². The smallest absolute Gasteiger partial charge is 0.0711 e. The van der Waals surface area contributed by atoms with Crippen molar-refractivity contribution >= 4 is 0 Å². The Morgan fingerprint density at radius 1 is 1.00 bits per heavy atom. The highest BCUT2D eigenvalue weighted by Crippen LogP contribution is 2.27. The van der Waals surface area contributed by atoms with Crippen molar-refractivity contribution < 1.29 is 0 Å². The van der Waals surface area contributed by atoms with Gasteiger partial charge in [0.15, 0.2) is 0 Å². The van der Waals surface area contributed by atoms with Crippen molar-refractivity contribution in [3.05, 3.63) is 35.9 Å². The third-order valence-corrected chi connectivity index (χ3v) is 5.14. The molecule has 2 aliphatic heterocycles. The lowest BCUT2D eigenvalue weighted by Crippen LogP contribution is -2.63. The summed E-state index contributed by atoms with van der Waals surface area (Å²) in [6, 6.07) is 11.1. The fourth-order valence-electron chi connectivity index (χ4n) is 3.60.